The zero-order valence-electron chi connectivity index (χ0n) is 10.6. The molecule has 1 nitrogen and oxygen atoms in total. The zero-order chi connectivity index (χ0) is 14.3. The molecule has 5 heteroatoms. The Morgan fingerprint density at radius 1 is 1.32 bits per heavy atom. The SMILES string of the molecule is CC1CCCC(O)(c2ccc(C(F)(F)F)c(F)c2)C1. The molecule has 2 rings (SSSR count). The van der Waals surface area contributed by atoms with E-state index in [1.807, 2.05) is 6.92 Å². The van der Waals surface area contributed by atoms with Gasteiger partial charge < -0.3 is 5.11 Å². The van der Waals surface area contributed by atoms with Gasteiger partial charge in [-0.3, -0.25) is 0 Å². The van der Waals surface area contributed by atoms with Gasteiger partial charge in [0.2, 0.25) is 0 Å². The molecule has 1 aliphatic rings. The largest absolute Gasteiger partial charge is 0.419 e. The van der Waals surface area contributed by atoms with Gasteiger partial charge in [0.25, 0.3) is 0 Å². The van der Waals surface area contributed by atoms with Gasteiger partial charge in [0.1, 0.15) is 5.82 Å². The van der Waals surface area contributed by atoms with Crippen molar-refractivity contribution < 1.29 is 22.7 Å². The van der Waals surface area contributed by atoms with Crippen molar-refractivity contribution in [3.05, 3.63) is 35.1 Å². The summed E-state index contributed by atoms with van der Waals surface area (Å²) < 4.78 is 51.0. The zero-order valence-corrected chi connectivity index (χ0v) is 10.6. The summed E-state index contributed by atoms with van der Waals surface area (Å²) in [5.74, 6) is -1.04. The number of alkyl halides is 3. The maximum Gasteiger partial charge on any atom is 0.419 e. The highest BCUT2D eigenvalue weighted by Gasteiger charge is 2.38. The lowest BCUT2D eigenvalue weighted by Crippen LogP contribution is -2.32. The first-order valence-electron chi connectivity index (χ1n) is 6.32. The first kappa shape index (κ1) is 14.3. The lowest BCUT2D eigenvalue weighted by molar-refractivity contribution is -0.140. The monoisotopic (exact) mass is 276 g/mol. The van der Waals surface area contributed by atoms with Crippen molar-refractivity contribution in [1.29, 1.82) is 0 Å². The molecule has 106 valence electrons. The fraction of sp³-hybridized carbons (Fsp3) is 0.571. The predicted molar refractivity (Wildman–Crippen MR) is 62.9 cm³/mol. The molecular formula is C14H16F4O. The molecule has 19 heavy (non-hydrogen) atoms. The summed E-state index contributed by atoms with van der Waals surface area (Å²) in [6.07, 6.45) is -2.02. The van der Waals surface area contributed by atoms with Crippen LogP contribution in [0.4, 0.5) is 17.6 Å². The summed E-state index contributed by atoms with van der Waals surface area (Å²) in [6.45, 7) is 1.98. The molecule has 1 aromatic rings. The highest BCUT2D eigenvalue weighted by molar-refractivity contribution is 5.30. The minimum Gasteiger partial charge on any atom is -0.385 e. The van der Waals surface area contributed by atoms with Crippen molar-refractivity contribution in [2.24, 2.45) is 5.92 Å². The van der Waals surface area contributed by atoms with Crippen LogP contribution in [0.25, 0.3) is 0 Å². The molecular weight excluding hydrogens is 260 g/mol. The van der Waals surface area contributed by atoms with Gasteiger partial charge in [0.05, 0.1) is 11.2 Å². The topological polar surface area (TPSA) is 20.2 Å². The van der Waals surface area contributed by atoms with Crippen LogP contribution in [-0.4, -0.2) is 5.11 Å². The Bertz CT molecular complexity index is 469. The predicted octanol–water partition coefficient (Wildman–Crippen LogP) is 4.24. The number of hydrogen-bond acceptors (Lipinski definition) is 1. The summed E-state index contributed by atoms with van der Waals surface area (Å²) in [4.78, 5) is 0. The van der Waals surface area contributed by atoms with Gasteiger partial charge in [0, 0.05) is 0 Å². The molecule has 1 aliphatic carbocycles. The lowest BCUT2D eigenvalue weighted by Gasteiger charge is -2.36. The van der Waals surface area contributed by atoms with E-state index in [1.54, 1.807) is 0 Å². The van der Waals surface area contributed by atoms with Crippen molar-refractivity contribution in [3.8, 4) is 0 Å². The van der Waals surface area contributed by atoms with Gasteiger partial charge in [-0.25, -0.2) is 4.39 Å². The summed E-state index contributed by atoms with van der Waals surface area (Å²) in [5.41, 5.74) is -2.25. The molecule has 2 atom stereocenters. The van der Waals surface area contributed by atoms with Gasteiger partial charge in [-0.15, -0.1) is 0 Å². The fourth-order valence-electron chi connectivity index (χ4n) is 2.82. The summed E-state index contributed by atoms with van der Waals surface area (Å²) >= 11 is 0. The van der Waals surface area contributed by atoms with Crippen LogP contribution in [0.2, 0.25) is 0 Å². The van der Waals surface area contributed by atoms with Crippen LogP contribution in [0.3, 0.4) is 0 Å². The Morgan fingerprint density at radius 3 is 2.53 bits per heavy atom. The van der Waals surface area contributed by atoms with Crippen molar-refractivity contribution in [2.75, 3.05) is 0 Å². The number of hydrogen-bond donors (Lipinski definition) is 1. The third kappa shape index (κ3) is 2.91. The second kappa shape index (κ2) is 4.78. The van der Waals surface area contributed by atoms with Crippen LogP contribution < -0.4 is 0 Å². The minimum atomic E-state index is -4.70. The van der Waals surface area contributed by atoms with Gasteiger partial charge in [-0.05, 0) is 42.9 Å². The summed E-state index contributed by atoms with van der Waals surface area (Å²) in [6, 6.07) is 2.71. The van der Waals surface area contributed by atoms with Crippen LogP contribution in [0.15, 0.2) is 18.2 Å². The van der Waals surface area contributed by atoms with Crippen molar-refractivity contribution in [2.45, 2.75) is 44.4 Å². The van der Waals surface area contributed by atoms with E-state index >= 15 is 0 Å². The molecule has 0 amide bonds. The Labute approximate surface area is 109 Å². The third-order valence-electron chi connectivity index (χ3n) is 3.79. The van der Waals surface area contributed by atoms with E-state index in [4.69, 9.17) is 0 Å². The van der Waals surface area contributed by atoms with E-state index in [-0.39, 0.29) is 11.5 Å². The number of benzene rings is 1. The van der Waals surface area contributed by atoms with Gasteiger partial charge in [-0.2, -0.15) is 13.2 Å². The quantitative estimate of drug-likeness (QED) is 0.760. The molecule has 1 aromatic carbocycles. The Kier molecular flexibility index (Phi) is 3.60. The number of aliphatic hydroxyl groups is 1. The average Bonchev–Trinajstić information content (AvgIpc) is 2.26. The van der Waals surface area contributed by atoms with E-state index in [2.05, 4.69) is 0 Å². The second-order valence-electron chi connectivity index (χ2n) is 5.43. The van der Waals surface area contributed by atoms with E-state index in [0.717, 1.165) is 18.9 Å². The normalized spacial score (nSPS) is 28.4. The molecule has 1 fully saturated rings. The minimum absolute atomic E-state index is 0.240. The van der Waals surface area contributed by atoms with Crippen LogP contribution in [0.5, 0.6) is 0 Å². The van der Waals surface area contributed by atoms with Gasteiger partial charge in [0.15, 0.2) is 0 Å². The molecule has 1 saturated carbocycles. The Morgan fingerprint density at radius 2 is 2.00 bits per heavy atom. The Hall–Kier alpha value is -1.10. The van der Waals surface area contributed by atoms with E-state index in [0.29, 0.717) is 18.9 Å². The molecule has 0 bridgehead atoms. The van der Waals surface area contributed by atoms with Crippen LogP contribution in [-0.2, 0) is 11.8 Å². The van der Waals surface area contributed by atoms with Crippen LogP contribution in [0.1, 0.15) is 43.7 Å². The first-order chi connectivity index (χ1) is 8.72. The van der Waals surface area contributed by atoms with Crippen molar-refractivity contribution in [1.82, 2.24) is 0 Å². The molecule has 0 saturated heterocycles. The molecule has 0 heterocycles. The maximum absolute atomic E-state index is 13.5. The molecule has 0 aromatic heterocycles. The summed E-state index contributed by atoms with van der Waals surface area (Å²) in [5, 5.41) is 10.5. The lowest BCUT2D eigenvalue weighted by atomic mass is 9.75. The highest BCUT2D eigenvalue weighted by Crippen LogP contribution is 2.41. The van der Waals surface area contributed by atoms with Gasteiger partial charge in [-0.1, -0.05) is 19.4 Å². The maximum atomic E-state index is 13.5. The molecule has 0 spiro atoms. The van der Waals surface area contributed by atoms with Gasteiger partial charge >= 0.3 is 6.18 Å². The third-order valence-corrected chi connectivity index (χ3v) is 3.79. The molecule has 2 unspecified atom stereocenters. The smallest absolute Gasteiger partial charge is 0.385 e. The number of halogens is 4. The number of rotatable bonds is 1. The van der Waals surface area contributed by atoms with E-state index in [1.165, 1.54) is 6.07 Å². The fourth-order valence-corrected chi connectivity index (χ4v) is 2.82. The van der Waals surface area contributed by atoms with E-state index in [9.17, 15) is 22.7 Å². The Balaban J connectivity index is 2.34. The standard InChI is InChI=1S/C14H16F4O/c1-9-3-2-6-13(19,8-9)10-4-5-11(12(15)7-10)14(16,17)18/h4-5,7,9,19H,2-3,6,8H2,1H3. The second-order valence-corrected chi connectivity index (χ2v) is 5.43. The molecule has 1 N–H and O–H groups in total. The van der Waals surface area contributed by atoms with Crippen molar-refractivity contribution in [3.63, 3.8) is 0 Å². The highest BCUT2D eigenvalue weighted by atomic mass is 19.4. The van der Waals surface area contributed by atoms with E-state index < -0.39 is 23.2 Å². The summed E-state index contributed by atoms with van der Waals surface area (Å²) in [7, 11) is 0. The average molecular weight is 276 g/mol. The van der Waals surface area contributed by atoms with Crippen LogP contribution in [0, 0.1) is 11.7 Å². The van der Waals surface area contributed by atoms with Crippen molar-refractivity contribution >= 4 is 0 Å². The molecule has 0 radical (unpaired) electrons. The van der Waals surface area contributed by atoms with Crippen LogP contribution >= 0.6 is 0 Å². The first-order valence-corrected chi connectivity index (χ1v) is 6.32. The molecule has 0 aliphatic heterocycles.